The summed E-state index contributed by atoms with van der Waals surface area (Å²) in [6.45, 7) is 9.85. The van der Waals surface area contributed by atoms with Gasteiger partial charge in [-0.3, -0.25) is 19.4 Å². The van der Waals surface area contributed by atoms with Gasteiger partial charge in [0.2, 0.25) is 0 Å². The number of piperidine rings is 2. The second kappa shape index (κ2) is 11.2. The number of carbonyl (C=O) groups is 2. The van der Waals surface area contributed by atoms with E-state index in [0.29, 0.717) is 11.6 Å². The fraction of sp³-hybridized carbons (Fsp3) is 0.462. The molecule has 0 atom stereocenters. The molecule has 2 saturated heterocycles. The first kappa shape index (κ1) is 22.4. The summed E-state index contributed by atoms with van der Waals surface area (Å²) in [6, 6.07) is 17.3. The molecule has 0 N–H and O–H groups in total. The Morgan fingerprint density at radius 1 is 0.567 bits per heavy atom. The monoisotopic (exact) mass is 406 g/mol. The molecule has 4 nitrogen and oxygen atoms in total. The lowest BCUT2D eigenvalue weighted by Crippen LogP contribution is -2.33. The molecule has 2 heterocycles. The van der Waals surface area contributed by atoms with E-state index < -0.39 is 0 Å². The molecule has 30 heavy (non-hydrogen) atoms. The summed E-state index contributed by atoms with van der Waals surface area (Å²) in [7, 11) is 0. The molecule has 2 aromatic rings. The van der Waals surface area contributed by atoms with Crippen molar-refractivity contribution in [2.24, 2.45) is 0 Å². The maximum Gasteiger partial charge on any atom is 0.135 e. The molecule has 2 aliphatic heterocycles. The number of carbonyl (C=O) groups excluding carboxylic acids is 2. The predicted octanol–water partition coefficient (Wildman–Crippen LogP) is 4.32. The molecule has 160 valence electrons. The number of hydrogen-bond acceptors (Lipinski definition) is 4. The van der Waals surface area contributed by atoms with Crippen molar-refractivity contribution in [2.45, 2.75) is 52.6 Å². The Bertz CT molecular complexity index is 736. The Hall–Kier alpha value is -2.30. The minimum Gasteiger partial charge on any atom is -0.300 e. The van der Waals surface area contributed by atoms with E-state index in [9.17, 15) is 9.59 Å². The number of nitrogens with zero attached hydrogens (tertiary/aromatic N) is 2. The lowest BCUT2D eigenvalue weighted by Gasteiger charge is -2.25. The van der Waals surface area contributed by atoms with E-state index >= 15 is 0 Å². The van der Waals surface area contributed by atoms with Crippen molar-refractivity contribution in [1.29, 1.82) is 0 Å². The third-order valence-electron chi connectivity index (χ3n) is 5.88. The van der Waals surface area contributed by atoms with Gasteiger partial charge in [-0.25, -0.2) is 0 Å². The van der Waals surface area contributed by atoms with Gasteiger partial charge in [0.05, 0.1) is 0 Å². The average Bonchev–Trinajstić information content (AvgIpc) is 2.75. The highest BCUT2D eigenvalue weighted by atomic mass is 16.1. The summed E-state index contributed by atoms with van der Waals surface area (Å²) in [5.74, 6) is 0.824. The van der Waals surface area contributed by atoms with Crippen LogP contribution in [0, 0.1) is 13.8 Å². The van der Waals surface area contributed by atoms with Gasteiger partial charge in [0, 0.05) is 65.0 Å². The van der Waals surface area contributed by atoms with Crippen LogP contribution in [0.2, 0.25) is 0 Å². The van der Waals surface area contributed by atoms with Gasteiger partial charge in [-0.1, -0.05) is 59.7 Å². The Kier molecular flexibility index (Phi) is 8.35. The van der Waals surface area contributed by atoms with Gasteiger partial charge in [0.25, 0.3) is 0 Å². The van der Waals surface area contributed by atoms with Crippen LogP contribution in [0.1, 0.15) is 47.9 Å². The first-order chi connectivity index (χ1) is 14.5. The minimum absolute atomic E-state index is 0.412. The summed E-state index contributed by atoms with van der Waals surface area (Å²) < 4.78 is 0. The molecule has 0 aliphatic carbocycles. The van der Waals surface area contributed by atoms with E-state index in [-0.39, 0.29) is 0 Å². The molecule has 2 fully saturated rings. The van der Waals surface area contributed by atoms with Gasteiger partial charge in [-0.2, -0.15) is 0 Å². The molecule has 0 amide bonds. The number of Topliss-reactive ketones (excluding diaryl/α,β-unsaturated/α-hetero) is 2. The highest BCUT2D eigenvalue weighted by Crippen LogP contribution is 2.12. The van der Waals surface area contributed by atoms with Crippen LogP contribution in [-0.4, -0.2) is 47.5 Å². The summed E-state index contributed by atoms with van der Waals surface area (Å²) >= 11 is 0. The van der Waals surface area contributed by atoms with Crippen LogP contribution in [0.25, 0.3) is 0 Å². The van der Waals surface area contributed by atoms with Crippen LogP contribution in [0.5, 0.6) is 0 Å². The lowest BCUT2D eigenvalue weighted by molar-refractivity contribution is -0.122. The minimum atomic E-state index is 0.412. The van der Waals surface area contributed by atoms with Crippen molar-refractivity contribution < 1.29 is 9.59 Å². The van der Waals surface area contributed by atoms with Crippen LogP contribution in [-0.2, 0) is 22.7 Å². The fourth-order valence-corrected chi connectivity index (χ4v) is 3.82. The molecule has 0 aromatic heterocycles. The standard InChI is InChI=1S/2C13H17NO/c2*1-11-2-4-12(5-3-11)10-14-8-6-13(15)7-9-14/h2*2-5H,6-10H2,1H3. The number of hydrogen-bond donors (Lipinski definition) is 0. The molecule has 2 aliphatic rings. The normalized spacial score (nSPS) is 18.1. The fourth-order valence-electron chi connectivity index (χ4n) is 3.82. The quantitative estimate of drug-likeness (QED) is 0.758. The van der Waals surface area contributed by atoms with Crippen LogP contribution in [0.3, 0.4) is 0 Å². The molecule has 0 unspecified atom stereocenters. The number of benzene rings is 2. The van der Waals surface area contributed by atoms with Gasteiger partial charge < -0.3 is 0 Å². The highest BCUT2D eigenvalue weighted by molar-refractivity contribution is 5.79. The molecular formula is C26H34N2O2. The van der Waals surface area contributed by atoms with Crippen molar-refractivity contribution in [3.8, 4) is 0 Å². The highest BCUT2D eigenvalue weighted by Gasteiger charge is 2.16. The van der Waals surface area contributed by atoms with Crippen molar-refractivity contribution in [3.05, 3.63) is 70.8 Å². The first-order valence-electron chi connectivity index (χ1n) is 11.1. The maximum absolute atomic E-state index is 11.1. The summed E-state index contributed by atoms with van der Waals surface area (Å²) in [6.07, 6.45) is 2.91. The summed E-state index contributed by atoms with van der Waals surface area (Å²) in [4.78, 5) is 26.9. The third kappa shape index (κ3) is 7.51. The largest absolute Gasteiger partial charge is 0.300 e. The molecule has 0 bridgehead atoms. The smallest absolute Gasteiger partial charge is 0.135 e. The van der Waals surface area contributed by atoms with Gasteiger partial charge in [0.1, 0.15) is 11.6 Å². The van der Waals surface area contributed by atoms with Gasteiger partial charge in [-0.05, 0) is 25.0 Å². The summed E-state index contributed by atoms with van der Waals surface area (Å²) in [5.41, 5.74) is 5.28. The van der Waals surface area contributed by atoms with Crippen LogP contribution < -0.4 is 0 Å². The van der Waals surface area contributed by atoms with Crippen molar-refractivity contribution in [2.75, 3.05) is 26.2 Å². The second-order valence-electron chi connectivity index (χ2n) is 8.60. The zero-order chi connectivity index (χ0) is 21.3. The van der Waals surface area contributed by atoms with Crippen LogP contribution >= 0.6 is 0 Å². The van der Waals surface area contributed by atoms with Crippen LogP contribution in [0.15, 0.2) is 48.5 Å². The van der Waals surface area contributed by atoms with Crippen molar-refractivity contribution in [1.82, 2.24) is 9.80 Å². The molecule has 0 spiro atoms. The Morgan fingerprint density at radius 2 is 0.867 bits per heavy atom. The topological polar surface area (TPSA) is 40.6 Å². The third-order valence-corrected chi connectivity index (χ3v) is 5.88. The molecule has 4 heteroatoms. The molecular weight excluding hydrogens is 372 g/mol. The van der Waals surface area contributed by atoms with E-state index in [4.69, 9.17) is 0 Å². The van der Waals surface area contributed by atoms with E-state index in [1.165, 1.54) is 22.3 Å². The molecule has 0 saturated carbocycles. The van der Waals surface area contributed by atoms with E-state index in [1.807, 2.05) is 0 Å². The van der Waals surface area contributed by atoms with Gasteiger partial charge in [0.15, 0.2) is 0 Å². The predicted molar refractivity (Wildman–Crippen MR) is 121 cm³/mol. The number of likely N-dealkylation sites (tertiary alicyclic amines) is 2. The van der Waals surface area contributed by atoms with Crippen molar-refractivity contribution in [3.63, 3.8) is 0 Å². The van der Waals surface area contributed by atoms with Gasteiger partial charge in [-0.15, -0.1) is 0 Å². The number of ketones is 2. The zero-order valence-electron chi connectivity index (χ0n) is 18.4. The summed E-state index contributed by atoms with van der Waals surface area (Å²) in [5, 5.41) is 0. The van der Waals surface area contributed by atoms with E-state index in [2.05, 4.69) is 72.2 Å². The first-order valence-corrected chi connectivity index (χ1v) is 11.1. The zero-order valence-corrected chi connectivity index (χ0v) is 18.4. The number of aryl methyl sites for hydroxylation is 2. The Balaban J connectivity index is 0.000000171. The SMILES string of the molecule is Cc1ccc(CN2CCC(=O)CC2)cc1.Cc1ccc(CN2CCC(=O)CC2)cc1. The van der Waals surface area contributed by atoms with Crippen molar-refractivity contribution >= 4 is 11.6 Å². The molecule has 2 aromatic carbocycles. The van der Waals surface area contributed by atoms with E-state index in [0.717, 1.165) is 65.0 Å². The van der Waals surface area contributed by atoms with E-state index in [1.54, 1.807) is 0 Å². The second-order valence-corrected chi connectivity index (χ2v) is 8.60. The Morgan fingerprint density at radius 3 is 1.17 bits per heavy atom. The number of rotatable bonds is 4. The average molecular weight is 407 g/mol. The maximum atomic E-state index is 11.1. The Labute approximate surface area is 180 Å². The molecule has 4 rings (SSSR count). The lowest BCUT2D eigenvalue weighted by atomic mass is 10.1. The van der Waals surface area contributed by atoms with Crippen LogP contribution in [0.4, 0.5) is 0 Å². The van der Waals surface area contributed by atoms with Gasteiger partial charge >= 0.3 is 0 Å². The molecule has 0 radical (unpaired) electrons.